The molecule has 3 aliphatic heterocycles. The van der Waals surface area contributed by atoms with E-state index in [1.54, 1.807) is 12.4 Å². The van der Waals surface area contributed by atoms with Gasteiger partial charge in [0.1, 0.15) is 18.0 Å². The highest BCUT2D eigenvalue weighted by Gasteiger charge is 2.46. The molecule has 0 aliphatic carbocycles. The van der Waals surface area contributed by atoms with Crippen LogP contribution in [0, 0.1) is 5.92 Å². The van der Waals surface area contributed by atoms with Crippen LogP contribution in [0.3, 0.4) is 0 Å². The number of pyridine rings is 1. The fourth-order valence-electron chi connectivity index (χ4n) is 5.15. The molecule has 3 N–H and O–H groups in total. The lowest BCUT2D eigenvalue weighted by atomic mass is 9.84. The van der Waals surface area contributed by atoms with E-state index in [1.165, 1.54) is 0 Å². The Bertz CT molecular complexity index is 1040. The molecule has 0 spiro atoms. The van der Waals surface area contributed by atoms with Crippen molar-refractivity contribution in [1.29, 1.82) is 0 Å². The molecule has 1 aromatic carbocycles. The van der Waals surface area contributed by atoms with Gasteiger partial charge < -0.3 is 30.0 Å². The number of carbonyl (C=O) groups excluding carboxylic acids is 2. The van der Waals surface area contributed by atoms with Crippen LogP contribution < -0.4 is 15.4 Å². The summed E-state index contributed by atoms with van der Waals surface area (Å²) in [6.45, 7) is 1.42. The molecule has 9 heteroatoms. The molecule has 1 aromatic heterocycles. The van der Waals surface area contributed by atoms with Gasteiger partial charge in [0.2, 0.25) is 11.8 Å². The number of hydrogen-bond donors (Lipinski definition) is 3. The van der Waals surface area contributed by atoms with E-state index >= 15 is 0 Å². The molecule has 0 unspecified atom stereocenters. The molecule has 9 nitrogen and oxygen atoms in total. The highest BCUT2D eigenvalue weighted by molar-refractivity contribution is 5.92. The van der Waals surface area contributed by atoms with Gasteiger partial charge in [-0.1, -0.05) is 6.07 Å². The third-order valence-electron chi connectivity index (χ3n) is 6.98. The van der Waals surface area contributed by atoms with Crippen molar-refractivity contribution >= 4 is 17.5 Å². The normalized spacial score (nSPS) is 25.7. The maximum absolute atomic E-state index is 12.7. The number of ether oxygens (including phenoxy) is 3. The molecule has 0 radical (unpaired) electrons. The first kappa shape index (κ1) is 23.7. The zero-order valence-electron chi connectivity index (χ0n) is 19.5. The van der Waals surface area contributed by atoms with Crippen LogP contribution in [-0.2, 0) is 25.6 Å². The molecule has 0 saturated carbocycles. The summed E-state index contributed by atoms with van der Waals surface area (Å²) in [6, 6.07) is 9.39. The van der Waals surface area contributed by atoms with Crippen molar-refractivity contribution in [2.45, 2.75) is 56.5 Å². The Labute approximate surface area is 204 Å². The van der Waals surface area contributed by atoms with Crippen molar-refractivity contribution in [3.8, 4) is 5.75 Å². The van der Waals surface area contributed by atoms with Crippen LogP contribution >= 0.6 is 0 Å². The fourth-order valence-corrected chi connectivity index (χ4v) is 5.15. The van der Waals surface area contributed by atoms with Crippen LogP contribution in [0.15, 0.2) is 42.7 Å². The minimum atomic E-state index is -0.530. The molecule has 2 fully saturated rings. The first-order chi connectivity index (χ1) is 17.1. The molecule has 4 atom stereocenters. The molecule has 2 amide bonds. The van der Waals surface area contributed by atoms with Crippen LogP contribution in [0.5, 0.6) is 5.75 Å². The summed E-state index contributed by atoms with van der Waals surface area (Å²) in [5.74, 6) is 0.537. The Hall–Kier alpha value is -3.01. The minimum Gasteiger partial charge on any atom is -0.487 e. The maximum atomic E-state index is 12.7. The Morgan fingerprint density at radius 1 is 1.17 bits per heavy atom. The van der Waals surface area contributed by atoms with E-state index < -0.39 is 6.10 Å². The predicted octanol–water partition coefficient (Wildman–Crippen LogP) is 2.15. The van der Waals surface area contributed by atoms with Gasteiger partial charge in [-0.05, 0) is 49.1 Å². The molecule has 2 saturated heterocycles. The van der Waals surface area contributed by atoms with Gasteiger partial charge in [0.25, 0.3) is 0 Å². The van der Waals surface area contributed by atoms with E-state index in [0.717, 1.165) is 35.4 Å². The lowest BCUT2D eigenvalue weighted by Gasteiger charge is -2.37. The summed E-state index contributed by atoms with van der Waals surface area (Å²) < 4.78 is 17.5. The number of anilines is 1. The number of aromatic nitrogens is 1. The van der Waals surface area contributed by atoms with Crippen LogP contribution in [-0.4, -0.2) is 60.0 Å². The van der Waals surface area contributed by atoms with Crippen LogP contribution in [0.2, 0.25) is 0 Å². The number of amides is 2. The van der Waals surface area contributed by atoms with Crippen LogP contribution in [0.25, 0.3) is 0 Å². The Morgan fingerprint density at radius 3 is 2.80 bits per heavy atom. The first-order valence-corrected chi connectivity index (χ1v) is 12.2. The van der Waals surface area contributed by atoms with Gasteiger partial charge in [-0.15, -0.1) is 0 Å². The molecule has 5 rings (SSSR count). The van der Waals surface area contributed by atoms with Crippen LogP contribution in [0.4, 0.5) is 5.69 Å². The first-order valence-electron chi connectivity index (χ1n) is 12.2. The number of aliphatic hydroxyl groups excluding tert-OH is 1. The molecule has 4 heterocycles. The number of nitrogens with zero attached hydrogens (tertiary/aromatic N) is 1. The Kier molecular flexibility index (Phi) is 7.26. The second-order valence-corrected chi connectivity index (χ2v) is 9.37. The minimum absolute atomic E-state index is 0.00657. The van der Waals surface area contributed by atoms with E-state index in [0.29, 0.717) is 26.2 Å². The Balaban J connectivity index is 1.24. The summed E-state index contributed by atoms with van der Waals surface area (Å²) in [4.78, 5) is 29.3. The molecular weight excluding hydrogens is 450 g/mol. The standard InChI is InChI=1S/C26H31N3O6/c30-15-23-25-21(11-19(34-23)12-24(31)28-14-16-2-1-7-27-13-16)20-10-18(3-4-22(20)35-25)29-26(32)17-5-8-33-9-6-17/h1-4,7,10,13,17,19,21,23,25,30H,5-6,8-9,11-12,14-15H2,(H,28,31)(H,29,32)/t19-,21+,23-,25-/m1/s1. The predicted molar refractivity (Wildman–Crippen MR) is 127 cm³/mol. The second-order valence-electron chi connectivity index (χ2n) is 9.37. The smallest absolute Gasteiger partial charge is 0.227 e. The number of fused-ring (bicyclic) bond motifs is 3. The van der Waals surface area contributed by atoms with E-state index in [1.807, 2.05) is 30.3 Å². The number of carbonyl (C=O) groups is 2. The SMILES string of the molecule is O=C(C[C@H]1C[C@H]2c3cc(NC(=O)C4CCOCC4)ccc3O[C@H]2[C@@H](CO)O1)NCc1cccnc1. The molecule has 2 aromatic rings. The quantitative estimate of drug-likeness (QED) is 0.554. The van der Waals surface area contributed by atoms with Crippen molar-refractivity contribution in [3.05, 3.63) is 53.9 Å². The van der Waals surface area contributed by atoms with Gasteiger partial charge in [0.15, 0.2) is 0 Å². The molecule has 0 bridgehead atoms. The van der Waals surface area contributed by atoms with E-state index in [9.17, 15) is 14.7 Å². The number of nitrogens with one attached hydrogen (secondary N) is 2. The third-order valence-corrected chi connectivity index (χ3v) is 6.98. The highest BCUT2D eigenvalue weighted by Crippen LogP contribution is 2.47. The van der Waals surface area contributed by atoms with Gasteiger partial charge in [-0.25, -0.2) is 0 Å². The van der Waals surface area contributed by atoms with Crippen LogP contribution in [0.1, 0.15) is 42.7 Å². The topological polar surface area (TPSA) is 119 Å². The summed E-state index contributed by atoms with van der Waals surface area (Å²) in [5, 5.41) is 15.9. The molecule has 35 heavy (non-hydrogen) atoms. The maximum Gasteiger partial charge on any atom is 0.227 e. The van der Waals surface area contributed by atoms with Gasteiger partial charge >= 0.3 is 0 Å². The van der Waals surface area contributed by atoms with Gasteiger partial charge in [0, 0.05) is 55.2 Å². The van der Waals surface area contributed by atoms with E-state index in [-0.39, 0.29) is 48.9 Å². The largest absolute Gasteiger partial charge is 0.487 e. The lowest BCUT2D eigenvalue weighted by Crippen LogP contribution is -2.47. The number of aliphatic hydroxyl groups is 1. The Morgan fingerprint density at radius 2 is 2.03 bits per heavy atom. The van der Waals surface area contributed by atoms with Gasteiger partial charge in [-0.3, -0.25) is 14.6 Å². The van der Waals surface area contributed by atoms with Gasteiger partial charge in [-0.2, -0.15) is 0 Å². The van der Waals surface area contributed by atoms with Crippen molar-refractivity contribution in [2.75, 3.05) is 25.1 Å². The molecule has 186 valence electrons. The van der Waals surface area contributed by atoms with Crippen molar-refractivity contribution in [3.63, 3.8) is 0 Å². The number of hydrogen-bond acceptors (Lipinski definition) is 7. The average Bonchev–Trinajstić information content (AvgIpc) is 3.26. The monoisotopic (exact) mass is 481 g/mol. The van der Waals surface area contributed by atoms with Crippen molar-refractivity contribution in [2.24, 2.45) is 5.92 Å². The van der Waals surface area contributed by atoms with Crippen molar-refractivity contribution < 1.29 is 28.9 Å². The zero-order valence-corrected chi connectivity index (χ0v) is 19.5. The summed E-state index contributed by atoms with van der Waals surface area (Å²) in [7, 11) is 0. The molecular formula is C26H31N3O6. The molecule has 3 aliphatic rings. The summed E-state index contributed by atoms with van der Waals surface area (Å²) in [6.07, 6.45) is 4.43. The second kappa shape index (κ2) is 10.7. The third kappa shape index (κ3) is 5.47. The number of rotatable bonds is 7. The summed E-state index contributed by atoms with van der Waals surface area (Å²) >= 11 is 0. The highest BCUT2D eigenvalue weighted by atomic mass is 16.6. The fraction of sp³-hybridized carbons (Fsp3) is 0.500. The zero-order chi connectivity index (χ0) is 24.2. The average molecular weight is 482 g/mol. The lowest BCUT2D eigenvalue weighted by molar-refractivity contribution is -0.142. The van der Waals surface area contributed by atoms with Gasteiger partial charge in [0.05, 0.1) is 19.1 Å². The number of benzene rings is 1. The summed E-state index contributed by atoms with van der Waals surface area (Å²) in [5.41, 5.74) is 2.62. The van der Waals surface area contributed by atoms with Crippen molar-refractivity contribution in [1.82, 2.24) is 10.3 Å². The van der Waals surface area contributed by atoms with E-state index in [2.05, 4.69) is 15.6 Å². The van der Waals surface area contributed by atoms with E-state index in [4.69, 9.17) is 14.2 Å².